The predicted molar refractivity (Wildman–Crippen MR) is 141 cm³/mol. The van der Waals surface area contributed by atoms with E-state index in [1.807, 2.05) is 49.4 Å². The van der Waals surface area contributed by atoms with Crippen molar-refractivity contribution in [2.75, 3.05) is 26.9 Å². The molecule has 1 aliphatic heterocycles. The first-order chi connectivity index (χ1) is 17.3. The van der Waals surface area contributed by atoms with Crippen molar-refractivity contribution in [3.63, 3.8) is 0 Å². The molecule has 1 saturated heterocycles. The summed E-state index contributed by atoms with van der Waals surface area (Å²) in [4.78, 5) is 28.1. The highest BCUT2D eigenvalue weighted by molar-refractivity contribution is 6.46. The van der Waals surface area contributed by atoms with E-state index in [0.717, 1.165) is 27.6 Å². The van der Waals surface area contributed by atoms with Gasteiger partial charge in [-0.15, -0.1) is 0 Å². The van der Waals surface area contributed by atoms with Crippen LogP contribution in [0, 0.1) is 12.8 Å². The molecule has 0 radical (unpaired) electrons. The summed E-state index contributed by atoms with van der Waals surface area (Å²) in [6.45, 7) is 7.44. The highest BCUT2D eigenvalue weighted by atomic mass is 16.5. The van der Waals surface area contributed by atoms with Crippen LogP contribution in [0.1, 0.15) is 43.0 Å². The molecule has 3 aromatic carbocycles. The third kappa shape index (κ3) is 5.00. The molecule has 6 heteroatoms. The number of fused-ring (bicyclic) bond motifs is 1. The molecule has 0 saturated carbocycles. The lowest BCUT2D eigenvalue weighted by Crippen LogP contribution is -2.31. The molecule has 36 heavy (non-hydrogen) atoms. The van der Waals surface area contributed by atoms with Gasteiger partial charge in [-0.25, -0.2) is 0 Å². The van der Waals surface area contributed by atoms with E-state index in [1.165, 1.54) is 0 Å². The number of aliphatic hydroxyl groups excluding tert-OH is 1. The normalized spacial score (nSPS) is 17.4. The molecule has 0 spiro atoms. The van der Waals surface area contributed by atoms with Crippen molar-refractivity contribution in [1.29, 1.82) is 0 Å². The first kappa shape index (κ1) is 25.5. The minimum absolute atomic E-state index is 0.101. The van der Waals surface area contributed by atoms with Crippen molar-refractivity contribution in [2.45, 2.75) is 33.2 Å². The molecule has 0 bridgehead atoms. The number of aliphatic hydroxyl groups is 1. The molecule has 6 nitrogen and oxygen atoms in total. The average molecular weight is 488 g/mol. The summed E-state index contributed by atoms with van der Waals surface area (Å²) in [6.07, 6.45) is 0.575. The number of ketones is 1. The maximum Gasteiger partial charge on any atom is 0.295 e. The van der Waals surface area contributed by atoms with Crippen LogP contribution >= 0.6 is 0 Å². The number of hydrogen-bond acceptors (Lipinski definition) is 5. The van der Waals surface area contributed by atoms with Gasteiger partial charge in [-0.05, 0) is 59.4 Å². The van der Waals surface area contributed by atoms with Gasteiger partial charge in [0.25, 0.3) is 11.7 Å². The van der Waals surface area contributed by atoms with Gasteiger partial charge in [0.15, 0.2) is 0 Å². The fraction of sp³-hybridized carbons (Fsp3) is 0.333. The van der Waals surface area contributed by atoms with E-state index in [-0.39, 0.29) is 11.3 Å². The predicted octanol–water partition coefficient (Wildman–Crippen LogP) is 5.64. The Labute approximate surface area is 212 Å². The summed E-state index contributed by atoms with van der Waals surface area (Å²) in [7, 11) is 1.60. The molecule has 0 aliphatic carbocycles. The van der Waals surface area contributed by atoms with Crippen molar-refractivity contribution in [2.24, 2.45) is 5.92 Å². The van der Waals surface area contributed by atoms with Crippen LogP contribution in [-0.2, 0) is 14.3 Å². The maximum atomic E-state index is 13.3. The van der Waals surface area contributed by atoms with E-state index in [2.05, 4.69) is 13.8 Å². The lowest BCUT2D eigenvalue weighted by molar-refractivity contribution is -0.140. The Morgan fingerprint density at radius 3 is 2.53 bits per heavy atom. The largest absolute Gasteiger partial charge is 0.507 e. The first-order valence-electron chi connectivity index (χ1n) is 12.3. The monoisotopic (exact) mass is 487 g/mol. The second kappa shape index (κ2) is 11.0. The summed E-state index contributed by atoms with van der Waals surface area (Å²) in [5.74, 6) is -0.364. The van der Waals surface area contributed by atoms with Gasteiger partial charge in [0.1, 0.15) is 11.5 Å². The Bertz CT molecular complexity index is 1300. The Morgan fingerprint density at radius 1 is 1.06 bits per heavy atom. The zero-order valence-electron chi connectivity index (χ0n) is 21.3. The molecular weight excluding hydrogens is 454 g/mol. The van der Waals surface area contributed by atoms with Gasteiger partial charge in [0, 0.05) is 25.8 Å². The number of hydrogen-bond donors (Lipinski definition) is 1. The van der Waals surface area contributed by atoms with E-state index in [4.69, 9.17) is 9.47 Å². The summed E-state index contributed by atoms with van der Waals surface area (Å²) >= 11 is 0. The van der Waals surface area contributed by atoms with Gasteiger partial charge < -0.3 is 19.5 Å². The molecular formula is C30H33NO5. The van der Waals surface area contributed by atoms with Gasteiger partial charge in [0.2, 0.25) is 0 Å². The van der Waals surface area contributed by atoms with Crippen LogP contribution in [0.4, 0.5) is 0 Å². The number of nitrogens with zero attached hydrogens (tertiary/aromatic N) is 1. The Morgan fingerprint density at radius 2 is 1.81 bits per heavy atom. The lowest BCUT2D eigenvalue weighted by atomic mass is 9.91. The minimum atomic E-state index is -0.704. The van der Waals surface area contributed by atoms with E-state index in [1.54, 1.807) is 30.2 Å². The molecule has 1 N–H and O–H groups in total. The van der Waals surface area contributed by atoms with E-state index >= 15 is 0 Å². The maximum absolute atomic E-state index is 13.3. The summed E-state index contributed by atoms with van der Waals surface area (Å²) in [5.41, 5.74) is 2.23. The Kier molecular flexibility index (Phi) is 7.75. The lowest BCUT2D eigenvalue weighted by Gasteiger charge is -2.26. The number of amides is 1. The zero-order chi connectivity index (χ0) is 25.8. The number of likely N-dealkylation sites (tertiary alicyclic amines) is 1. The average Bonchev–Trinajstić information content (AvgIpc) is 3.12. The van der Waals surface area contributed by atoms with Gasteiger partial charge in [-0.3, -0.25) is 9.59 Å². The molecule has 1 unspecified atom stereocenters. The SMILES string of the molecule is COCCCN1C(=O)C(=O)/C(=C(\O)c2ccc(OCC(C)C)c(C)c2)C1c1cccc2ccccc12. The van der Waals surface area contributed by atoms with Crippen LogP contribution in [0.25, 0.3) is 16.5 Å². The molecule has 1 aliphatic rings. The molecule has 0 aromatic heterocycles. The smallest absolute Gasteiger partial charge is 0.295 e. The number of ether oxygens (including phenoxy) is 2. The quantitative estimate of drug-likeness (QED) is 0.183. The molecule has 1 fully saturated rings. The molecule has 4 rings (SSSR count). The van der Waals surface area contributed by atoms with Crippen molar-refractivity contribution in [1.82, 2.24) is 4.90 Å². The summed E-state index contributed by atoms with van der Waals surface area (Å²) in [6, 6.07) is 18.3. The van der Waals surface area contributed by atoms with Gasteiger partial charge >= 0.3 is 0 Å². The molecule has 1 amide bonds. The second-order valence-electron chi connectivity index (χ2n) is 9.59. The van der Waals surface area contributed by atoms with E-state index in [0.29, 0.717) is 37.7 Å². The van der Waals surface area contributed by atoms with Crippen LogP contribution in [0.5, 0.6) is 5.75 Å². The van der Waals surface area contributed by atoms with Gasteiger partial charge in [-0.2, -0.15) is 0 Å². The van der Waals surface area contributed by atoms with Gasteiger partial charge in [-0.1, -0.05) is 56.3 Å². The van der Waals surface area contributed by atoms with Crippen LogP contribution < -0.4 is 4.74 Å². The van der Waals surface area contributed by atoms with Crippen molar-refractivity contribution in [3.8, 4) is 5.75 Å². The van der Waals surface area contributed by atoms with Crippen LogP contribution in [0.2, 0.25) is 0 Å². The third-order valence-corrected chi connectivity index (χ3v) is 6.43. The molecule has 1 heterocycles. The fourth-order valence-electron chi connectivity index (χ4n) is 4.67. The number of carbonyl (C=O) groups is 2. The number of methoxy groups -OCH3 is 1. The Balaban J connectivity index is 1.84. The zero-order valence-corrected chi connectivity index (χ0v) is 21.3. The van der Waals surface area contributed by atoms with Crippen LogP contribution in [0.3, 0.4) is 0 Å². The number of carbonyl (C=O) groups excluding carboxylic acids is 2. The molecule has 3 aromatic rings. The van der Waals surface area contributed by atoms with Crippen molar-refractivity contribution >= 4 is 28.2 Å². The summed E-state index contributed by atoms with van der Waals surface area (Å²) < 4.78 is 11.0. The number of benzene rings is 3. The Hall–Kier alpha value is -3.64. The third-order valence-electron chi connectivity index (χ3n) is 6.43. The highest BCUT2D eigenvalue weighted by Gasteiger charge is 2.46. The van der Waals surface area contributed by atoms with E-state index < -0.39 is 17.7 Å². The number of Topliss-reactive ketones (excluding diaryl/α,β-unsaturated/α-hetero) is 1. The number of rotatable bonds is 9. The van der Waals surface area contributed by atoms with Crippen LogP contribution in [-0.4, -0.2) is 48.6 Å². The topological polar surface area (TPSA) is 76.1 Å². The standard InChI is InChI=1S/C30H33NO5/c1-19(2)18-36-25-14-13-22(17-20(25)3)28(32)26-27(31(15-8-16-35-4)30(34)29(26)33)24-12-7-10-21-9-5-6-11-23(21)24/h5-7,9-14,17,19,27,32H,8,15-16,18H2,1-4H3/b28-26-. The molecule has 1 atom stereocenters. The fourth-order valence-corrected chi connectivity index (χ4v) is 4.67. The van der Waals surface area contributed by atoms with Gasteiger partial charge in [0.05, 0.1) is 18.2 Å². The second-order valence-corrected chi connectivity index (χ2v) is 9.59. The van der Waals surface area contributed by atoms with E-state index in [9.17, 15) is 14.7 Å². The van der Waals surface area contributed by atoms with Crippen LogP contribution in [0.15, 0.2) is 66.2 Å². The summed E-state index contributed by atoms with van der Waals surface area (Å²) in [5, 5.41) is 13.4. The minimum Gasteiger partial charge on any atom is -0.507 e. The van der Waals surface area contributed by atoms with Crippen molar-refractivity contribution in [3.05, 3.63) is 82.9 Å². The molecule has 188 valence electrons. The first-order valence-corrected chi connectivity index (χ1v) is 12.3. The number of aryl methyl sites for hydroxylation is 1. The van der Waals surface area contributed by atoms with Crippen molar-refractivity contribution < 1.29 is 24.2 Å². The highest BCUT2D eigenvalue weighted by Crippen LogP contribution is 2.42.